The quantitative estimate of drug-likeness (QED) is 0.843. The zero-order chi connectivity index (χ0) is 15.6. The first-order valence-corrected chi connectivity index (χ1v) is 9.53. The van der Waals surface area contributed by atoms with E-state index in [-0.39, 0.29) is 18.5 Å². The van der Waals surface area contributed by atoms with Crippen molar-refractivity contribution in [3.8, 4) is 5.75 Å². The summed E-state index contributed by atoms with van der Waals surface area (Å²) in [4.78, 5) is 0.339. The molecule has 0 amide bonds. The summed E-state index contributed by atoms with van der Waals surface area (Å²) < 4.78 is 33.1. The molecule has 2 aliphatic heterocycles. The third kappa shape index (κ3) is 4.59. The summed E-state index contributed by atoms with van der Waals surface area (Å²) in [5.41, 5.74) is 0.979. The highest BCUT2D eigenvalue weighted by Gasteiger charge is 2.23. The van der Waals surface area contributed by atoms with E-state index >= 15 is 0 Å². The van der Waals surface area contributed by atoms with Gasteiger partial charge in [0.15, 0.2) is 0 Å². The Kier molecular flexibility index (Phi) is 6.31. The van der Waals surface area contributed by atoms with Crippen LogP contribution in [0.3, 0.4) is 0 Å². The highest BCUT2D eigenvalue weighted by Crippen LogP contribution is 2.30. The standard InChI is InChI=1S/C16H24N2O3S.ClH/c1-12-9-14-10-15(4-5-16(14)21-12)22(19,20)18-8-6-13-3-2-7-17-11-13;/h4-5,10,12-13,17-18H,2-3,6-9,11H2,1H3;1H. The molecule has 7 heteroatoms. The SMILES string of the molecule is CC1Cc2cc(S(=O)(=O)NCCC3CCCNC3)ccc2O1.Cl. The molecule has 2 atom stereocenters. The molecule has 0 aromatic heterocycles. The molecule has 0 aliphatic carbocycles. The number of benzene rings is 1. The van der Waals surface area contributed by atoms with Gasteiger partial charge in [0.05, 0.1) is 4.90 Å². The van der Waals surface area contributed by atoms with E-state index in [2.05, 4.69) is 10.0 Å². The lowest BCUT2D eigenvalue weighted by Gasteiger charge is -2.22. The average molecular weight is 361 g/mol. The second kappa shape index (κ2) is 7.83. The molecule has 1 fully saturated rings. The molecule has 0 spiro atoms. The van der Waals surface area contributed by atoms with Crippen molar-refractivity contribution in [1.82, 2.24) is 10.0 Å². The third-order valence-electron chi connectivity index (χ3n) is 4.42. The number of sulfonamides is 1. The van der Waals surface area contributed by atoms with Crippen LogP contribution in [0.5, 0.6) is 5.75 Å². The van der Waals surface area contributed by atoms with Crippen LogP contribution in [-0.2, 0) is 16.4 Å². The normalized spacial score (nSPS) is 23.7. The number of rotatable bonds is 5. The van der Waals surface area contributed by atoms with Gasteiger partial charge in [0, 0.05) is 13.0 Å². The summed E-state index contributed by atoms with van der Waals surface area (Å²) in [6.45, 7) is 4.57. The summed E-state index contributed by atoms with van der Waals surface area (Å²) in [5.74, 6) is 1.38. The van der Waals surface area contributed by atoms with Crippen LogP contribution in [0.4, 0.5) is 0 Å². The smallest absolute Gasteiger partial charge is 0.240 e. The Morgan fingerprint density at radius 3 is 2.96 bits per heavy atom. The fraction of sp³-hybridized carbons (Fsp3) is 0.625. The van der Waals surface area contributed by atoms with E-state index < -0.39 is 10.0 Å². The van der Waals surface area contributed by atoms with Gasteiger partial charge in [0.1, 0.15) is 11.9 Å². The summed E-state index contributed by atoms with van der Waals surface area (Å²) in [5, 5.41) is 3.36. The van der Waals surface area contributed by atoms with E-state index in [4.69, 9.17) is 4.74 Å². The topological polar surface area (TPSA) is 67.4 Å². The summed E-state index contributed by atoms with van der Waals surface area (Å²) in [6.07, 6.45) is 4.15. The van der Waals surface area contributed by atoms with Gasteiger partial charge in [-0.2, -0.15) is 0 Å². The second-order valence-electron chi connectivity index (χ2n) is 6.30. The van der Waals surface area contributed by atoms with Gasteiger partial charge in [-0.25, -0.2) is 13.1 Å². The van der Waals surface area contributed by atoms with Gasteiger partial charge in [-0.15, -0.1) is 12.4 Å². The highest BCUT2D eigenvalue weighted by molar-refractivity contribution is 7.89. The highest BCUT2D eigenvalue weighted by atomic mass is 35.5. The third-order valence-corrected chi connectivity index (χ3v) is 5.88. The van der Waals surface area contributed by atoms with Crippen LogP contribution in [-0.4, -0.2) is 34.2 Å². The maximum atomic E-state index is 12.4. The number of fused-ring (bicyclic) bond motifs is 1. The van der Waals surface area contributed by atoms with Gasteiger partial charge in [0.25, 0.3) is 0 Å². The van der Waals surface area contributed by atoms with Crippen molar-refractivity contribution in [2.75, 3.05) is 19.6 Å². The van der Waals surface area contributed by atoms with Crippen LogP contribution in [0.25, 0.3) is 0 Å². The molecular formula is C16H25ClN2O3S. The van der Waals surface area contributed by atoms with Crippen molar-refractivity contribution in [2.24, 2.45) is 5.92 Å². The van der Waals surface area contributed by atoms with E-state index in [1.54, 1.807) is 18.2 Å². The molecule has 3 rings (SSSR count). The number of piperidine rings is 1. The first kappa shape index (κ1) is 18.5. The predicted octanol–water partition coefficient (Wildman–Crippen LogP) is 2.10. The number of hydrogen-bond donors (Lipinski definition) is 2. The van der Waals surface area contributed by atoms with E-state index in [0.717, 1.165) is 37.2 Å². The minimum Gasteiger partial charge on any atom is -0.490 e. The Balaban J connectivity index is 0.00000192. The fourth-order valence-electron chi connectivity index (χ4n) is 3.22. The molecule has 1 aromatic rings. The number of hydrogen-bond acceptors (Lipinski definition) is 4. The minimum absolute atomic E-state index is 0. The molecule has 2 aliphatic rings. The Hall–Kier alpha value is -0.820. The Bertz CT molecular complexity index is 630. The largest absolute Gasteiger partial charge is 0.490 e. The van der Waals surface area contributed by atoms with Crippen LogP contribution < -0.4 is 14.8 Å². The van der Waals surface area contributed by atoms with E-state index in [1.165, 1.54) is 12.8 Å². The van der Waals surface area contributed by atoms with Crippen molar-refractivity contribution in [3.63, 3.8) is 0 Å². The molecule has 1 aromatic carbocycles. The second-order valence-corrected chi connectivity index (χ2v) is 8.07. The predicted molar refractivity (Wildman–Crippen MR) is 92.9 cm³/mol. The number of nitrogens with one attached hydrogen (secondary N) is 2. The van der Waals surface area contributed by atoms with Crippen molar-refractivity contribution < 1.29 is 13.2 Å². The maximum absolute atomic E-state index is 12.4. The van der Waals surface area contributed by atoms with Gasteiger partial charge in [-0.3, -0.25) is 0 Å². The molecule has 0 radical (unpaired) electrons. The van der Waals surface area contributed by atoms with Crippen molar-refractivity contribution in [2.45, 2.75) is 43.6 Å². The van der Waals surface area contributed by atoms with Crippen LogP contribution in [0.15, 0.2) is 23.1 Å². The minimum atomic E-state index is -3.43. The number of ether oxygens (including phenoxy) is 1. The van der Waals surface area contributed by atoms with Gasteiger partial charge in [-0.05, 0) is 69.0 Å². The number of halogens is 1. The lowest BCUT2D eigenvalue weighted by atomic mass is 9.96. The van der Waals surface area contributed by atoms with Gasteiger partial charge >= 0.3 is 0 Å². The lowest BCUT2D eigenvalue weighted by molar-refractivity contribution is 0.254. The summed E-state index contributed by atoms with van der Waals surface area (Å²) in [7, 11) is -3.43. The van der Waals surface area contributed by atoms with E-state index in [1.807, 2.05) is 6.92 Å². The zero-order valence-corrected chi connectivity index (χ0v) is 15.0. The molecule has 2 unspecified atom stereocenters. The Morgan fingerprint density at radius 1 is 1.39 bits per heavy atom. The average Bonchev–Trinajstić information content (AvgIpc) is 2.87. The molecule has 130 valence electrons. The van der Waals surface area contributed by atoms with Gasteiger partial charge < -0.3 is 10.1 Å². The molecule has 0 bridgehead atoms. The molecule has 2 heterocycles. The monoisotopic (exact) mass is 360 g/mol. The fourth-order valence-corrected chi connectivity index (χ4v) is 4.31. The summed E-state index contributed by atoms with van der Waals surface area (Å²) in [6, 6.07) is 5.13. The van der Waals surface area contributed by atoms with E-state index in [9.17, 15) is 8.42 Å². The Morgan fingerprint density at radius 2 is 2.22 bits per heavy atom. The lowest BCUT2D eigenvalue weighted by Crippen LogP contribution is -2.33. The van der Waals surface area contributed by atoms with Crippen LogP contribution >= 0.6 is 12.4 Å². The van der Waals surface area contributed by atoms with Gasteiger partial charge in [0.2, 0.25) is 10.0 Å². The van der Waals surface area contributed by atoms with E-state index in [0.29, 0.717) is 17.4 Å². The zero-order valence-electron chi connectivity index (χ0n) is 13.4. The molecule has 5 nitrogen and oxygen atoms in total. The van der Waals surface area contributed by atoms with Crippen molar-refractivity contribution in [3.05, 3.63) is 23.8 Å². The van der Waals surface area contributed by atoms with Crippen LogP contribution in [0, 0.1) is 5.92 Å². The van der Waals surface area contributed by atoms with Crippen LogP contribution in [0.1, 0.15) is 31.7 Å². The van der Waals surface area contributed by atoms with Crippen molar-refractivity contribution in [1.29, 1.82) is 0 Å². The Labute approximate surface area is 144 Å². The molecule has 0 saturated carbocycles. The van der Waals surface area contributed by atoms with Crippen LogP contribution in [0.2, 0.25) is 0 Å². The molecule has 23 heavy (non-hydrogen) atoms. The molecular weight excluding hydrogens is 336 g/mol. The first-order valence-electron chi connectivity index (χ1n) is 8.04. The first-order chi connectivity index (χ1) is 10.5. The molecule has 2 N–H and O–H groups in total. The van der Waals surface area contributed by atoms with Crippen molar-refractivity contribution >= 4 is 22.4 Å². The maximum Gasteiger partial charge on any atom is 0.240 e. The molecule has 1 saturated heterocycles. The summed E-state index contributed by atoms with van der Waals surface area (Å²) >= 11 is 0. The van der Waals surface area contributed by atoms with Gasteiger partial charge in [-0.1, -0.05) is 0 Å².